The molecule has 0 spiro atoms. The Morgan fingerprint density at radius 1 is 0.640 bits per heavy atom. The zero-order valence-corrected chi connectivity index (χ0v) is 29.3. The lowest BCUT2D eigenvalue weighted by Gasteiger charge is -2.31. The second kappa shape index (κ2) is 15.8. The molecule has 4 aromatic carbocycles. The van der Waals surface area contributed by atoms with Crippen LogP contribution in [0, 0.1) is 11.8 Å². The number of benzene rings is 4. The Labute approximate surface area is 294 Å². The van der Waals surface area contributed by atoms with Crippen LogP contribution in [-0.4, -0.2) is 29.8 Å². The third-order valence-electron chi connectivity index (χ3n) is 8.02. The van der Waals surface area contributed by atoms with E-state index in [0.29, 0.717) is 41.0 Å². The van der Waals surface area contributed by atoms with E-state index in [2.05, 4.69) is 48.3 Å². The SMILES string of the molecule is CC1(C)OC(=O)c2ccc(C=O)cc2O1.CCCCCCc1ccc(C#Cc2ccc(NCc3ccc4c(c3)OC(C)(C)OC4=O)cc2)cc1. The lowest BCUT2D eigenvalue weighted by molar-refractivity contribution is -0.128. The van der Waals surface area contributed by atoms with E-state index < -0.39 is 17.5 Å². The molecular weight excluding hydrogens is 630 g/mol. The fourth-order valence-electron chi connectivity index (χ4n) is 5.45. The van der Waals surface area contributed by atoms with Crippen molar-refractivity contribution in [3.05, 3.63) is 124 Å². The van der Waals surface area contributed by atoms with Gasteiger partial charge in [0, 0.05) is 56.6 Å². The normalized spacial score (nSPS) is 14.7. The first-order valence-electron chi connectivity index (χ1n) is 17.0. The molecular formula is C42H43NO7. The molecule has 0 unspecified atom stereocenters. The van der Waals surface area contributed by atoms with Crippen LogP contribution >= 0.6 is 0 Å². The van der Waals surface area contributed by atoms with Gasteiger partial charge in [0.15, 0.2) is 0 Å². The highest BCUT2D eigenvalue weighted by molar-refractivity contribution is 5.95. The maximum Gasteiger partial charge on any atom is 0.345 e. The molecule has 50 heavy (non-hydrogen) atoms. The van der Waals surface area contributed by atoms with Crippen molar-refractivity contribution in [3.8, 4) is 23.3 Å². The van der Waals surface area contributed by atoms with Gasteiger partial charge in [-0.25, -0.2) is 9.59 Å². The van der Waals surface area contributed by atoms with Gasteiger partial charge in [-0.1, -0.05) is 62.3 Å². The van der Waals surface area contributed by atoms with Gasteiger partial charge in [0.2, 0.25) is 11.6 Å². The second-order valence-electron chi connectivity index (χ2n) is 13.2. The highest BCUT2D eigenvalue weighted by Gasteiger charge is 2.34. The maximum atomic E-state index is 12.1. The summed E-state index contributed by atoms with van der Waals surface area (Å²) < 4.78 is 21.5. The molecule has 2 aliphatic rings. The van der Waals surface area contributed by atoms with Crippen molar-refractivity contribution in [3.63, 3.8) is 0 Å². The van der Waals surface area contributed by atoms with E-state index in [4.69, 9.17) is 18.9 Å². The number of aryl methyl sites for hydroxylation is 1. The summed E-state index contributed by atoms with van der Waals surface area (Å²) >= 11 is 0. The van der Waals surface area contributed by atoms with Crippen molar-refractivity contribution in [2.45, 2.75) is 84.8 Å². The number of unbranched alkanes of at least 4 members (excludes halogenated alkanes) is 3. The molecule has 0 aliphatic carbocycles. The molecule has 2 aliphatic heterocycles. The van der Waals surface area contributed by atoms with Gasteiger partial charge >= 0.3 is 11.9 Å². The zero-order chi connectivity index (χ0) is 35.7. The van der Waals surface area contributed by atoms with Gasteiger partial charge in [-0.05, 0) is 84.6 Å². The summed E-state index contributed by atoms with van der Waals surface area (Å²) in [7, 11) is 0. The number of carbonyl (C=O) groups is 3. The number of hydrogen-bond donors (Lipinski definition) is 1. The van der Waals surface area contributed by atoms with Gasteiger partial charge in [-0.2, -0.15) is 0 Å². The number of carbonyl (C=O) groups excluding carboxylic acids is 3. The number of hydrogen-bond acceptors (Lipinski definition) is 8. The summed E-state index contributed by atoms with van der Waals surface area (Å²) in [6.45, 7) is 9.59. The first-order chi connectivity index (χ1) is 23.9. The van der Waals surface area contributed by atoms with Gasteiger partial charge in [-0.3, -0.25) is 4.79 Å². The third-order valence-corrected chi connectivity index (χ3v) is 8.02. The number of aldehydes is 1. The van der Waals surface area contributed by atoms with E-state index in [9.17, 15) is 14.4 Å². The second-order valence-corrected chi connectivity index (χ2v) is 13.2. The quantitative estimate of drug-likeness (QED) is 0.0814. The Balaban J connectivity index is 0.000000269. The smallest absolute Gasteiger partial charge is 0.345 e. The maximum absolute atomic E-state index is 12.1. The lowest BCUT2D eigenvalue weighted by Crippen LogP contribution is -2.38. The Hall–Kier alpha value is -5.55. The van der Waals surface area contributed by atoms with Gasteiger partial charge in [-0.15, -0.1) is 0 Å². The highest BCUT2D eigenvalue weighted by Crippen LogP contribution is 2.33. The third kappa shape index (κ3) is 9.76. The molecule has 6 rings (SSSR count). The largest absolute Gasteiger partial charge is 0.452 e. The van der Waals surface area contributed by atoms with Crippen molar-refractivity contribution in [1.82, 2.24) is 0 Å². The number of ether oxygens (including phenoxy) is 4. The van der Waals surface area contributed by atoms with E-state index in [1.54, 1.807) is 39.8 Å². The first kappa shape index (κ1) is 35.7. The molecule has 0 bridgehead atoms. The van der Waals surface area contributed by atoms with Crippen LogP contribution in [0.15, 0.2) is 84.9 Å². The molecule has 8 heteroatoms. The highest BCUT2D eigenvalue weighted by atomic mass is 16.7. The molecule has 0 saturated carbocycles. The molecule has 4 aromatic rings. The molecule has 2 heterocycles. The van der Waals surface area contributed by atoms with E-state index in [1.807, 2.05) is 36.4 Å². The van der Waals surface area contributed by atoms with Crippen LogP contribution in [0.25, 0.3) is 0 Å². The fraction of sp³-hybridized carbons (Fsp3) is 0.310. The fourth-order valence-corrected chi connectivity index (χ4v) is 5.45. The number of nitrogens with one attached hydrogen (secondary N) is 1. The average Bonchev–Trinajstić information content (AvgIpc) is 3.08. The molecule has 8 nitrogen and oxygen atoms in total. The van der Waals surface area contributed by atoms with Gasteiger partial charge in [0.1, 0.15) is 28.9 Å². The Kier molecular flexibility index (Phi) is 11.3. The topological polar surface area (TPSA) is 100 Å². The summed E-state index contributed by atoms with van der Waals surface area (Å²) in [4.78, 5) is 34.2. The Morgan fingerprint density at radius 3 is 1.76 bits per heavy atom. The van der Waals surface area contributed by atoms with Crippen molar-refractivity contribution in [1.29, 1.82) is 0 Å². The van der Waals surface area contributed by atoms with Gasteiger partial charge < -0.3 is 24.3 Å². The molecule has 0 atom stereocenters. The van der Waals surface area contributed by atoms with E-state index >= 15 is 0 Å². The van der Waals surface area contributed by atoms with Crippen LogP contribution in [0.5, 0.6) is 11.5 Å². The van der Waals surface area contributed by atoms with Crippen LogP contribution < -0.4 is 14.8 Å². The summed E-state index contributed by atoms with van der Waals surface area (Å²) in [5, 5.41) is 3.41. The zero-order valence-electron chi connectivity index (χ0n) is 29.3. The number of esters is 2. The van der Waals surface area contributed by atoms with E-state index in [1.165, 1.54) is 43.4 Å². The predicted octanol–water partition coefficient (Wildman–Crippen LogP) is 8.89. The van der Waals surface area contributed by atoms with E-state index in [-0.39, 0.29) is 5.97 Å². The Morgan fingerprint density at radius 2 is 1.18 bits per heavy atom. The number of cyclic esters (lactones) is 2. The standard InChI is InChI=1S/C31H33NO3.C11H10O4/c1-4-5-6-7-8-23-9-11-24(12-10-23)13-14-25-15-18-27(19-16-25)32-22-26-17-20-28-29(21-26)34-31(2,3)35-30(28)33;1-11(2)14-9-5-7(6-12)3-4-8(9)10(13)15-11/h9-12,15-21,32H,4-8,22H2,1-3H3;3-6H,1-2H3. The molecule has 0 saturated heterocycles. The van der Waals surface area contributed by atoms with Crippen LogP contribution in [0.2, 0.25) is 0 Å². The monoisotopic (exact) mass is 673 g/mol. The molecule has 0 radical (unpaired) electrons. The van der Waals surface area contributed by atoms with Crippen LogP contribution in [0.3, 0.4) is 0 Å². The van der Waals surface area contributed by atoms with Crippen molar-refractivity contribution in [2.24, 2.45) is 0 Å². The predicted molar refractivity (Wildman–Crippen MR) is 193 cm³/mol. The van der Waals surface area contributed by atoms with Crippen molar-refractivity contribution in [2.75, 3.05) is 5.32 Å². The summed E-state index contributed by atoms with van der Waals surface area (Å²) in [5.74, 6) is 4.73. The summed E-state index contributed by atoms with van der Waals surface area (Å²) in [6.07, 6.45) is 7.00. The Bertz CT molecular complexity index is 1900. The molecule has 0 aromatic heterocycles. The minimum Gasteiger partial charge on any atom is -0.452 e. The van der Waals surface area contributed by atoms with Crippen LogP contribution in [-0.2, 0) is 22.4 Å². The first-order valence-corrected chi connectivity index (χ1v) is 17.0. The number of fused-ring (bicyclic) bond motifs is 2. The van der Waals surface area contributed by atoms with Gasteiger partial charge in [0.25, 0.3) is 0 Å². The molecule has 1 N–H and O–H groups in total. The minimum atomic E-state index is -0.981. The van der Waals surface area contributed by atoms with Gasteiger partial charge in [0.05, 0.1) is 0 Å². The average molecular weight is 674 g/mol. The minimum absolute atomic E-state index is 0.347. The van der Waals surface area contributed by atoms with Crippen LogP contribution in [0.4, 0.5) is 5.69 Å². The van der Waals surface area contributed by atoms with Crippen molar-refractivity contribution < 1.29 is 33.3 Å². The number of rotatable bonds is 9. The molecule has 0 fully saturated rings. The lowest BCUT2D eigenvalue weighted by atomic mass is 10.0. The summed E-state index contributed by atoms with van der Waals surface area (Å²) in [6, 6.07) is 26.9. The number of anilines is 1. The molecule has 258 valence electrons. The van der Waals surface area contributed by atoms with E-state index in [0.717, 1.165) is 28.8 Å². The molecule has 0 amide bonds. The van der Waals surface area contributed by atoms with Crippen molar-refractivity contribution >= 4 is 23.9 Å². The van der Waals surface area contributed by atoms with Crippen LogP contribution in [0.1, 0.15) is 114 Å². The summed E-state index contributed by atoms with van der Waals surface area (Å²) in [5.41, 5.74) is 6.69.